The first-order valence-electron chi connectivity index (χ1n) is 9.48. The Labute approximate surface area is 185 Å². The summed E-state index contributed by atoms with van der Waals surface area (Å²) in [7, 11) is 0. The first-order chi connectivity index (χ1) is 15.0. The van der Waals surface area contributed by atoms with E-state index in [9.17, 15) is 14.0 Å². The molecule has 162 valence electrons. The monoisotopic (exact) mass is 462 g/mol. The Morgan fingerprint density at radius 3 is 2.71 bits per heavy atom. The molecule has 0 aliphatic carbocycles. The number of benzene rings is 1. The molecule has 1 aliphatic heterocycles. The van der Waals surface area contributed by atoms with E-state index in [0.29, 0.717) is 42.1 Å². The number of nitrogens with zero attached hydrogens (tertiary/aromatic N) is 5. The molecule has 1 saturated heterocycles. The number of amides is 2. The summed E-state index contributed by atoms with van der Waals surface area (Å²) in [6.07, 6.45) is 0. The van der Waals surface area contributed by atoms with Gasteiger partial charge in [0.1, 0.15) is 11.6 Å². The summed E-state index contributed by atoms with van der Waals surface area (Å²) in [4.78, 5) is 28.2. The van der Waals surface area contributed by atoms with Crippen LogP contribution in [0.25, 0.3) is 0 Å². The van der Waals surface area contributed by atoms with E-state index < -0.39 is 5.82 Å². The summed E-state index contributed by atoms with van der Waals surface area (Å²) in [5.41, 5.74) is 0.0876. The van der Waals surface area contributed by atoms with Crippen LogP contribution in [0.3, 0.4) is 0 Å². The third kappa shape index (κ3) is 5.20. The first-order valence-corrected chi connectivity index (χ1v) is 11.3. The second kappa shape index (κ2) is 9.43. The molecule has 2 aromatic heterocycles. The zero-order valence-electron chi connectivity index (χ0n) is 16.6. The summed E-state index contributed by atoms with van der Waals surface area (Å²) in [5.74, 6) is 0.139. The molecule has 1 fully saturated rings. The molecule has 2 amide bonds. The van der Waals surface area contributed by atoms with Crippen molar-refractivity contribution < 1.29 is 18.5 Å². The number of rotatable bonds is 6. The van der Waals surface area contributed by atoms with Crippen LogP contribution in [0.2, 0.25) is 0 Å². The number of aryl methyl sites for hydroxylation is 1. The highest BCUT2D eigenvalue weighted by Crippen LogP contribution is 2.29. The van der Waals surface area contributed by atoms with E-state index in [1.807, 2.05) is 4.90 Å². The highest BCUT2D eigenvalue weighted by molar-refractivity contribution is 8.01. The van der Waals surface area contributed by atoms with E-state index in [1.54, 1.807) is 30.0 Å². The Morgan fingerprint density at radius 2 is 2.00 bits per heavy atom. The van der Waals surface area contributed by atoms with Gasteiger partial charge in [-0.05, 0) is 19.1 Å². The third-order valence-corrected chi connectivity index (χ3v) is 6.68. The molecular weight excluding hydrogens is 443 g/mol. The van der Waals surface area contributed by atoms with Crippen molar-refractivity contribution in [3.63, 3.8) is 0 Å². The zero-order valence-corrected chi connectivity index (χ0v) is 18.2. The lowest BCUT2D eigenvalue weighted by Gasteiger charge is -2.34. The highest BCUT2D eigenvalue weighted by atomic mass is 32.2. The Morgan fingerprint density at radius 1 is 1.23 bits per heavy atom. The van der Waals surface area contributed by atoms with Crippen LogP contribution in [-0.4, -0.2) is 64.0 Å². The lowest BCUT2D eigenvalue weighted by Crippen LogP contribution is -2.49. The van der Waals surface area contributed by atoms with Crippen molar-refractivity contribution >= 4 is 45.9 Å². The van der Waals surface area contributed by atoms with E-state index in [4.69, 9.17) is 4.52 Å². The lowest BCUT2D eigenvalue weighted by molar-refractivity contribution is -0.113. The number of hydrogen-bond acceptors (Lipinski definition) is 9. The van der Waals surface area contributed by atoms with Crippen molar-refractivity contribution in [2.45, 2.75) is 11.3 Å². The van der Waals surface area contributed by atoms with Crippen LogP contribution in [0.1, 0.15) is 16.1 Å². The average molecular weight is 463 g/mol. The predicted octanol–water partition coefficient (Wildman–Crippen LogP) is 2.67. The molecule has 0 spiro atoms. The van der Waals surface area contributed by atoms with Crippen LogP contribution in [0.5, 0.6) is 0 Å². The summed E-state index contributed by atoms with van der Waals surface area (Å²) < 4.78 is 19.5. The average Bonchev–Trinajstić information content (AvgIpc) is 3.41. The number of piperazine rings is 1. The van der Waals surface area contributed by atoms with Gasteiger partial charge in [-0.3, -0.25) is 9.59 Å². The number of thioether (sulfide) groups is 1. The number of anilines is 2. The van der Waals surface area contributed by atoms with Crippen molar-refractivity contribution in [2.75, 3.05) is 42.1 Å². The molecule has 3 aromatic rings. The van der Waals surface area contributed by atoms with Gasteiger partial charge in [-0.1, -0.05) is 40.4 Å². The molecule has 4 rings (SSSR count). The van der Waals surface area contributed by atoms with Crippen LogP contribution < -0.4 is 10.2 Å². The minimum absolute atomic E-state index is 0.0876. The first kappa shape index (κ1) is 21.2. The zero-order chi connectivity index (χ0) is 21.8. The number of halogens is 1. The van der Waals surface area contributed by atoms with Crippen molar-refractivity contribution in [1.82, 2.24) is 20.3 Å². The smallest absolute Gasteiger partial charge is 0.256 e. The van der Waals surface area contributed by atoms with E-state index in [0.717, 1.165) is 5.13 Å². The molecule has 0 radical (unpaired) electrons. The maximum absolute atomic E-state index is 13.9. The molecular formula is C19H19FN6O3S2. The lowest BCUT2D eigenvalue weighted by atomic mass is 10.1. The molecule has 1 N–H and O–H groups in total. The quantitative estimate of drug-likeness (QED) is 0.558. The molecule has 3 heterocycles. The van der Waals surface area contributed by atoms with Gasteiger partial charge in [-0.2, -0.15) is 0 Å². The van der Waals surface area contributed by atoms with Crippen molar-refractivity contribution in [1.29, 1.82) is 0 Å². The fourth-order valence-electron chi connectivity index (χ4n) is 3.03. The van der Waals surface area contributed by atoms with Gasteiger partial charge in [0, 0.05) is 32.2 Å². The minimum atomic E-state index is -0.511. The molecule has 1 aliphatic rings. The van der Waals surface area contributed by atoms with Crippen LogP contribution in [0.15, 0.2) is 39.2 Å². The summed E-state index contributed by atoms with van der Waals surface area (Å²) in [6.45, 7) is 3.83. The number of carbonyl (C=O) groups is 2. The maximum atomic E-state index is 13.9. The SMILES string of the molecule is Cc1cc(NC(=O)CSc2nnc(N3CCN(C(=O)c4ccccc4F)CC3)s2)no1. The van der Waals surface area contributed by atoms with E-state index in [1.165, 1.54) is 35.2 Å². The number of carbonyl (C=O) groups excluding carboxylic acids is 2. The van der Waals surface area contributed by atoms with Crippen molar-refractivity contribution in [2.24, 2.45) is 0 Å². The Hall–Kier alpha value is -2.99. The molecule has 0 bridgehead atoms. The van der Waals surface area contributed by atoms with Gasteiger partial charge >= 0.3 is 0 Å². The van der Waals surface area contributed by atoms with Crippen molar-refractivity contribution in [3.8, 4) is 0 Å². The Bertz CT molecular complexity index is 1080. The van der Waals surface area contributed by atoms with Gasteiger partial charge in [0.15, 0.2) is 10.2 Å². The maximum Gasteiger partial charge on any atom is 0.256 e. The van der Waals surface area contributed by atoms with Gasteiger partial charge in [-0.15, -0.1) is 10.2 Å². The van der Waals surface area contributed by atoms with Crippen LogP contribution >= 0.6 is 23.1 Å². The molecule has 0 saturated carbocycles. The third-order valence-electron chi connectivity index (χ3n) is 4.56. The largest absolute Gasteiger partial charge is 0.360 e. The minimum Gasteiger partial charge on any atom is -0.360 e. The van der Waals surface area contributed by atoms with Crippen LogP contribution in [0, 0.1) is 12.7 Å². The Kier molecular flexibility index (Phi) is 6.47. The van der Waals surface area contributed by atoms with E-state index in [2.05, 4.69) is 20.7 Å². The molecule has 0 unspecified atom stereocenters. The second-order valence-corrected chi connectivity index (χ2v) is 8.95. The fourth-order valence-corrected chi connectivity index (χ4v) is 4.72. The number of hydrogen-bond donors (Lipinski definition) is 1. The molecule has 1 aromatic carbocycles. The fraction of sp³-hybridized carbons (Fsp3) is 0.316. The molecule has 31 heavy (non-hydrogen) atoms. The Balaban J connectivity index is 1.26. The van der Waals surface area contributed by atoms with E-state index in [-0.39, 0.29) is 23.1 Å². The van der Waals surface area contributed by atoms with E-state index >= 15 is 0 Å². The van der Waals surface area contributed by atoms with Gasteiger partial charge < -0.3 is 19.6 Å². The normalized spacial score (nSPS) is 14.0. The standard InChI is InChI=1S/C19H19FN6O3S2/c1-12-10-15(24-29-12)21-16(27)11-30-19-23-22-18(31-19)26-8-6-25(7-9-26)17(28)13-4-2-3-5-14(13)20/h2-5,10H,6-9,11H2,1H3,(H,21,24,27). The topological polar surface area (TPSA) is 104 Å². The van der Waals surface area contributed by atoms with Crippen molar-refractivity contribution in [3.05, 3.63) is 47.5 Å². The summed E-state index contributed by atoms with van der Waals surface area (Å²) >= 11 is 2.67. The summed E-state index contributed by atoms with van der Waals surface area (Å²) in [5, 5.41) is 15.4. The highest BCUT2D eigenvalue weighted by Gasteiger charge is 2.25. The van der Waals surface area contributed by atoms with Gasteiger partial charge in [0.05, 0.1) is 11.3 Å². The molecule has 0 atom stereocenters. The number of nitrogens with one attached hydrogen (secondary N) is 1. The van der Waals surface area contributed by atoms with Gasteiger partial charge in [-0.25, -0.2) is 4.39 Å². The number of aromatic nitrogens is 3. The van der Waals surface area contributed by atoms with Crippen LogP contribution in [0.4, 0.5) is 15.3 Å². The van der Waals surface area contributed by atoms with Gasteiger partial charge in [0.2, 0.25) is 11.0 Å². The predicted molar refractivity (Wildman–Crippen MR) is 115 cm³/mol. The second-order valence-electron chi connectivity index (χ2n) is 6.77. The molecule has 9 nitrogen and oxygen atoms in total. The van der Waals surface area contributed by atoms with Crippen LogP contribution in [-0.2, 0) is 4.79 Å². The van der Waals surface area contributed by atoms with Gasteiger partial charge in [0.25, 0.3) is 5.91 Å². The molecule has 12 heteroatoms. The summed E-state index contributed by atoms with van der Waals surface area (Å²) in [6, 6.07) is 7.64.